The van der Waals surface area contributed by atoms with Crippen molar-refractivity contribution in [2.75, 3.05) is 5.33 Å². The summed E-state index contributed by atoms with van der Waals surface area (Å²) in [6.07, 6.45) is 2.99. The van der Waals surface area contributed by atoms with Gasteiger partial charge in [-0.2, -0.15) is 0 Å². The minimum atomic E-state index is -0.333. The van der Waals surface area contributed by atoms with E-state index in [1.165, 1.54) is 6.20 Å². The van der Waals surface area contributed by atoms with E-state index in [1.807, 2.05) is 6.92 Å². The number of halogens is 1. The van der Waals surface area contributed by atoms with Crippen LogP contribution in [0.5, 0.6) is 0 Å². The van der Waals surface area contributed by atoms with Crippen molar-refractivity contribution in [3.8, 4) is 0 Å². The Hall–Kier alpha value is -0.900. The maximum atomic E-state index is 11.3. The van der Waals surface area contributed by atoms with E-state index in [2.05, 4.69) is 20.9 Å². The molecule has 1 aromatic rings. The molecule has 1 atom stereocenters. The highest BCUT2D eigenvalue weighted by atomic mass is 79.9. The SMILES string of the molecule is CC(CBr)OC(=O)c1cccnc1. The average molecular weight is 244 g/mol. The van der Waals surface area contributed by atoms with Gasteiger partial charge < -0.3 is 4.74 Å². The standard InChI is InChI=1S/C9H10BrNO2/c1-7(5-10)13-9(12)8-3-2-4-11-6-8/h2-4,6-7H,5H2,1H3. The first-order valence-corrected chi connectivity index (χ1v) is 5.03. The molecule has 0 N–H and O–H groups in total. The van der Waals surface area contributed by atoms with Crippen molar-refractivity contribution in [1.29, 1.82) is 0 Å². The summed E-state index contributed by atoms with van der Waals surface area (Å²) in [5.74, 6) is -0.333. The first-order valence-electron chi connectivity index (χ1n) is 3.91. The number of nitrogens with zero attached hydrogens (tertiary/aromatic N) is 1. The van der Waals surface area contributed by atoms with Gasteiger partial charge in [0.25, 0.3) is 0 Å². The van der Waals surface area contributed by atoms with Gasteiger partial charge in [-0.3, -0.25) is 4.98 Å². The molecular weight excluding hydrogens is 234 g/mol. The summed E-state index contributed by atoms with van der Waals surface area (Å²) in [4.78, 5) is 15.2. The molecular formula is C9H10BrNO2. The fourth-order valence-corrected chi connectivity index (χ4v) is 0.898. The van der Waals surface area contributed by atoms with Crippen LogP contribution in [-0.4, -0.2) is 22.4 Å². The molecule has 0 saturated carbocycles. The Morgan fingerprint density at radius 2 is 2.54 bits per heavy atom. The van der Waals surface area contributed by atoms with Gasteiger partial charge in [0.1, 0.15) is 6.10 Å². The zero-order valence-electron chi connectivity index (χ0n) is 7.24. The molecule has 1 heterocycles. The van der Waals surface area contributed by atoms with Crippen LogP contribution >= 0.6 is 15.9 Å². The number of ether oxygens (including phenoxy) is 1. The minimum Gasteiger partial charge on any atom is -0.458 e. The molecule has 3 nitrogen and oxygen atoms in total. The van der Waals surface area contributed by atoms with E-state index in [-0.39, 0.29) is 12.1 Å². The zero-order chi connectivity index (χ0) is 9.68. The Labute approximate surface area is 85.3 Å². The molecule has 0 spiro atoms. The average Bonchev–Trinajstić information content (AvgIpc) is 2.19. The van der Waals surface area contributed by atoms with Crippen LogP contribution in [0.1, 0.15) is 17.3 Å². The number of hydrogen-bond donors (Lipinski definition) is 0. The summed E-state index contributed by atoms with van der Waals surface area (Å²) >= 11 is 3.22. The van der Waals surface area contributed by atoms with E-state index in [0.29, 0.717) is 10.9 Å². The molecule has 70 valence electrons. The second-order valence-electron chi connectivity index (χ2n) is 2.61. The molecule has 0 amide bonds. The molecule has 0 aliphatic carbocycles. The van der Waals surface area contributed by atoms with Crippen molar-refractivity contribution in [1.82, 2.24) is 4.98 Å². The van der Waals surface area contributed by atoms with E-state index < -0.39 is 0 Å². The largest absolute Gasteiger partial charge is 0.458 e. The molecule has 1 aromatic heterocycles. The van der Waals surface area contributed by atoms with Crippen LogP contribution in [0.15, 0.2) is 24.5 Å². The number of aromatic nitrogens is 1. The Kier molecular flexibility index (Phi) is 3.89. The Morgan fingerprint density at radius 3 is 3.08 bits per heavy atom. The topological polar surface area (TPSA) is 39.2 Å². The van der Waals surface area contributed by atoms with E-state index in [1.54, 1.807) is 18.3 Å². The predicted octanol–water partition coefficient (Wildman–Crippen LogP) is 2.02. The summed E-state index contributed by atoms with van der Waals surface area (Å²) in [5.41, 5.74) is 0.482. The number of rotatable bonds is 3. The van der Waals surface area contributed by atoms with Crippen molar-refractivity contribution in [2.45, 2.75) is 13.0 Å². The van der Waals surface area contributed by atoms with E-state index in [4.69, 9.17) is 4.74 Å². The summed E-state index contributed by atoms with van der Waals surface area (Å²) in [7, 11) is 0. The van der Waals surface area contributed by atoms with Gasteiger partial charge in [-0.25, -0.2) is 4.79 Å². The third-order valence-corrected chi connectivity index (χ3v) is 2.33. The molecule has 4 heteroatoms. The van der Waals surface area contributed by atoms with Crippen molar-refractivity contribution in [3.05, 3.63) is 30.1 Å². The Morgan fingerprint density at radius 1 is 1.77 bits per heavy atom. The molecule has 0 fully saturated rings. The van der Waals surface area contributed by atoms with Gasteiger partial charge in [0.2, 0.25) is 0 Å². The molecule has 1 rings (SSSR count). The van der Waals surface area contributed by atoms with Crippen molar-refractivity contribution in [2.24, 2.45) is 0 Å². The van der Waals surface area contributed by atoms with Crippen LogP contribution < -0.4 is 0 Å². The predicted molar refractivity (Wildman–Crippen MR) is 52.9 cm³/mol. The van der Waals surface area contributed by atoms with E-state index in [0.717, 1.165) is 0 Å². The van der Waals surface area contributed by atoms with Crippen LogP contribution in [0.4, 0.5) is 0 Å². The van der Waals surface area contributed by atoms with Crippen molar-refractivity contribution < 1.29 is 9.53 Å². The summed E-state index contributed by atoms with van der Waals surface area (Å²) in [6.45, 7) is 1.82. The maximum absolute atomic E-state index is 11.3. The third kappa shape index (κ3) is 3.14. The van der Waals surface area contributed by atoms with E-state index >= 15 is 0 Å². The van der Waals surface area contributed by atoms with Crippen LogP contribution in [-0.2, 0) is 4.74 Å². The number of pyridine rings is 1. The lowest BCUT2D eigenvalue weighted by Gasteiger charge is -2.09. The fourth-order valence-electron chi connectivity index (χ4n) is 0.766. The fraction of sp³-hybridized carbons (Fsp3) is 0.333. The quantitative estimate of drug-likeness (QED) is 0.603. The second-order valence-corrected chi connectivity index (χ2v) is 3.26. The van der Waals surface area contributed by atoms with Gasteiger partial charge in [0, 0.05) is 17.7 Å². The molecule has 0 saturated heterocycles. The van der Waals surface area contributed by atoms with Crippen molar-refractivity contribution >= 4 is 21.9 Å². The second kappa shape index (κ2) is 4.97. The van der Waals surface area contributed by atoms with Gasteiger partial charge in [0.15, 0.2) is 0 Å². The smallest absolute Gasteiger partial charge is 0.339 e. The lowest BCUT2D eigenvalue weighted by atomic mass is 10.3. The normalized spacial score (nSPS) is 12.2. The van der Waals surface area contributed by atoms with Gasteiger partial charge >= 0.3 is 5.97 Å². The van der Waals surface area contributed by atoms with Crippen LogP contribution in [0.3, 0.4) is 0 Å². The highest BCUT2D eigenvalue weighted by molar-refractivity contribution is 9.09. The lowest BCUT2D eigenvalue weighted by Crippen LogP contribution is -2.16. The molecule has 0 aliphatic heterocycles. The molecule has 13 heavy (non-hydrogen) atoms. The van der Waals surface area contributed by atoms with Crippen molar-refractivity contribution in [3.63, 3.8) is 0 Å². The van der Waals surface area contributed by atoms with Gasteiger partial charge in [-0.1, -0.05) is 15.9 Å². The maximum Gasteiger partial charge on any atom is 0.339 e. The minimum absolute atomic E-state index is 0.118. The van der Waals surface area contributed by atoms with Crippen LogP contribution in [0.25, 0.3) is 0 Å². The molecule has 0 radical (unpaired) electrons. The lowest BCUT2D eigenvalue weighted by molar-refractivity contribution is 0.0387. The summed E-state index contributed by atoms with van der Waals surface area (Å²) in [5, 5.41) is 0.638. The van der Waals surface area contributed by atoms with Crippen LogP contribution in [0, 0.1) is 0 Å². The first-order chi connectivity index (χ1) is 6.24. The summed E-state index contributed by atoms with van der Waals surface area (Å²) < 4.78 is 5.06. The number of carbonyl (C=O) groups excluding carboxylic acids is 1. The zero-order valence-corrected chi connectivity index (χ0v) is 8.82. The van der Waals surface area contributed by atoms with E-state index in [9.17, 15) is 4.79 Å². The number of carbonyl (C=O) groups is 1. The number of alkyl halides is 1. The third-order valence-electron chi connectivity index (χ3n) is 1.42. The molecule has 0 aromatic carbocycles. The number of esters is 1. The molecule has 0 bridgehead atoms. The Bertz CT molecular complexity index is 276. The van der Waals surface area contributed by atoms with Gasteiger partial charge in [-0.05, 0) is 19.1 Å². The molecule has 0 aliphatic rings. The highest BCUT2D eigenvalue weighted by Crippen LogP contribution is 2.03. The van der Waals surface area contributed by atoms with Gasteiger partial charge in [0.05, 0.1) is 5.56 Å². The highest BCUT2D eigenvalue weighted by Gasteiger charge is 2.10. The number of hydrogen-bond acceptors (Lipinski definition) is 3. The monoisotopic (exact) mass is 243 g/mol. The Balaban J connectivity index is 2.59. The van der Waals surface area contributed by atoms with Gasteiger partial charge in [-0.15, -0.1) is 0 Å². The first kappa shape index (κ1) is 10.2. The van der Waals surface area contributed by atoms with Crippen LogP contribution in [0.2, 0.25) is 0 Å². The summed E-state index contributed by atoms with van der Waals surface area (Å²) in [6, 6.07) is 3.38. The molecule has 1 unspecified atom stereocenters.